The Hall–Kier alpha value is -0.400. The van der Waals surface area contributed by atoms with E-state index in [-0.39, 0.29) is 17.4 Å². The zero-order valence-corrected chi connectivity index (χ0v) is 9.67. The number of primary amides is 1. The highest BCUT2D eigenvalue weighted by Gasteiger charge is 2.26. The highest BCUT2D eigenvalue weighted by atomic mass is 32.1. The molecule has 0 saturated carbocycles. The molecule has 0 aromatic heterocycles. The first-order valence-electron chi connectivity index (χ1n) is 3.99. The third-order valence-electron chi connectivity index (χ3n) is 1.83. The van der Waals surface area contributed by atoms with Crippen LogP contribution >= 0.6 is 25.3 Å². The van der Waals surface area contributed by atoms with Crippen LogP contribution in [-0.2, 0) is 9.59 Å². The van der Waals surface area contributed by atoms with E-state index in [1.165, 1.54) is 11.9 Å². The molecule has 5 nitrogen and oxygen atoms in total. The van der Waals surface area contributed by atoms with Crippen molar-refractivity contribution in [3.8, 4) is 0 Å². The van der Waals surface area contributed by atoms with Crippen LogP contribution < -0.4 is 11.5 Å². The van der Waals surface area contributed by atoms with Crippen molar-refractivity contribution in [3.63, 3.8) is 0 Å². The molecule has 0 spiro atoms. The predicted molar refractivity (Wildman–Crippen MR) is 61.4 cm³/mol. The first-order chi connectivity index (χ1) is 6.45. The standard InChI is InChI=1S/C7H15N3O2S2/c1-10(5(3-14)6(9)11)7(12)4(8)2-13/h4-5,13-14H,2-3,8H2,1H3,(H2,9,11). The number of carbonyl (C=O) groups excluding carboxylic acids is 2. The molecule has 4 N–H and O–H groups in total. The van der Waals surface area contributed by atoms with Gasteiger partial charge in [-0.25, -0.2) is 0 Å². The molecule has 0 aliphatic heterocycles. The number of hydrogen-bond donors (Lipinski definition) is 4. The van der Waals surface area contributed by atoms with Crippen molar-refractivity contribution in [3.05, 3.63) is 0 Å². The predicted octanol–water partition coefficient (Wildman–Crippen LogP) is -1.51. The van der Waals surface area contributed by atoms with Crippen LogP contribution in [-0.4, -0.2) is 47.4 Å². The van der Waals surface area contributed by atoms with Crippen molar-refractivity contribution in [2.24, 2.45) is 11.5 Å². The van der Waals surface area contributed by atoms with E-state index < -0.39 is 18.0 Å². The fraction of sp³-hybridized carbons (Fsp3) is 0.714. The van der Waals surface area contributed by atoms with Gasteiger partial charge < -0.3 is 16.4 Å². The quantitative estimate of drug-likeness (QED) is 0.438. The van der Waals surface area contributed by atoms with Gasteiger partial charge in [0, 0.05) is 18.6 Å². The van der Waals surface area contributed by atoms with Gasteiger partial charge in [-0.05, 0) is 0 Å². The largest absolute Gasteiger partial charge is 0.368 e. The van der Waals surface area contributed by atoms with Crippen molar-refractivity contribution < 1.29 is 9.59 Å². The molecule has 82 valence electrons. The van der Waals surface area contributed by atoms with Crippen molar-refractivity contribution in [1.29, 1.82) is 0 Å². The number of likely N-dealkylation sites (N-methyl/N-ethyl adjacent to an activating group) is 1. The summed E-state index contributed by atoms with van der Waals surface area (Å²) < 4.78 is 0. The molecule has 14 heavy (non-hydrogen) atoms. The lowest BCUT2D eigenvalue weighted by atomic mass is 10.2. The molecule has 2 amide bonds. The molecule has 0 aliphatic rings. The summed E-state index contributed by atoms with van der Waals surface area (Å²) in [6, 6.07) is -1.44. The molecule has 0 aliphatic carbocycles. The van der Waals surface area contributed by atoms with Gasteiger partial charge in [-0.1, -0.05) is 0 Å². The molecule has 0 radical (unpaired) electrons. The number of nitrogens with two attached hydrogens (primary N) is 2. The number of amides is 2. The summed E-state index contributed by atoms with van der Waals surface area (Å²) in [6.07, 6.45) is 0. The van der Waals surface area contributed by atoms with E-state index in [1.807, 2.05) is 0 Å². The molecule has 0 saturated heterocycles. The second-order valence-electron chi connectivity index (χ2n) is 2.84. The third kappa shape index (κ3) is 3.39. The molecule has 0 fully saturated rings. The zero-order valence-electron chi connectivity index (χ0n) is 7.88. The summed E-state index contributed by atoms with van der Waals surface area (Å²) in [5.41, 5.74) is 10.6. The van der Waals surface area contributed by atoms with Gasteiger partial charge in [0.25, 0.3) is 0 Å². The van der Waals surface area contributed by atoms with Gasteiger partial charge in [-0.2, -0.15) is 25.3 Å². The van der Waals surface area contributed by atoms with Crippen LogP contribution in [0.2, 0.25) is 0 Å². The van der Waals surface area contributed by atoms with Crippen LogP contribution in [0.4, 0.5) is 0 Å². The minimum Gasteiger partial charge on any atom is -0.368 e. The number of nitrogens with zero attached hydrogens (tertiary/aromatic N) is 1. The Morgan fingerprint density at radius 1 is 1.36 bits per heavy atom. The molecule has 7 heteroatoms. The van der Waals surface area contributed by atoms with E-state index in [1.54, 1.807) is 0 Å². The van der Waals surface area contributed by atoms with Gasteiger partial charge >= 0.3 is 0 Å². The van der Waals surface area contributed by atoms with Crippen molar-refractivity contribution in [1.82, 2.24) is 4.90 Å². The van der Waals surface area contributed by atoms with Gasteiger partial charge in [0.15, 0.2) is 0 Å². The van der Waals surface area contributed by atoms with E-state index in [9.17, 15) is 9.59 Å². The Balaban J connectivity index is 4.49. The van der Waals surface area contributed by atoms with Gasteiger partial charge in [0.05, 0.1) is 6.04 Å². The Bertz CT molecular complexity index is 225. The van der Waals surface area contributed by atoms with Crippen LogP contribution in [0, 0.1) is 0 Å². The summed E-state index contributed by atoms with van der Waals surface area (Å²) in [7, 11) is 1.47. The maximum absolute atomic E-state index is 11.5. The van der Waals surface area contributed by atoms with Crippen LogP contribution in [0.25, 0.3) is 0 Å². The van der Waals surface area contributed by atoms with Crippen LogP contribution in [0.1, 0.15) is 0 Å². The van der Waals surface area contributed by atoms with Crippen molar-refractivity contribution in [2.45, 2.75) is 12.1 Å². The maximum atomic E-state index is 11.5. The van der Waals surface area contributed by atoms with Gasteiger partial charge in [-0.15, -0.1) is 0 Å². The first-order valence-corrected chi connectivity index (χ1v) is 5.25. The summed E-state index contributed by atoms with van der Waals surface area (Å²) >= 11 is 7.82. The average Bonchev–Trinajstić information content (AvgIpc) is 2.15. The van der Waals surface area contributed by atoms with Gasteiger partial charge in [0.2, 0.25) is 11.8 Å². The molecule has 0 aromatic carbocycles. The molecular formula is C7H15N3O2S2. The minimum absolute atomic E-state index is 0.177. The second-order valence-corrected chi connectivity index (χ2v) is 3.57. The molecule has 0 aromatic rings. The highest BCUT2D eigenvalue weighted by molar-refractivity contribution is 7.80. The highest BCUT2D eigenvalue weighted by Crippen LogP contribution is 2.01. The van der Waals surface area contributed by atoms with Crippen molar-refractivity contribution >= 4 is 37.1 Å². The van der Waals surface area contributed by atoms with E-state index >= 15 is 0 Å². The fourth-order valence-corrected chi connectivity index (χ4v) is 1.48. The first kappa shape index (κ1) is 13.6. The smallest absolute Gasteiger partial charge is 0.241 e. The summed E-state index contributed by atoms with van der Waals surface area (Å²) in [6.45, 7) is 0. The number of rotatable bonds is 5. The SMILES string of the molecule is CN(C(=O)C(N)CS)C(CS)C(N)=O. The Kier molecular flexibility index (Phi) is 5.98. The van der Waals surface area contributed by atoms with E-state index in [2.05, 4.69) is 25.3 Å². The summed E-state index contributed by atoms with van der Waals surface area (Å²) in [5.74, 6) is -0.557. The normalized spacial score (nSPS) is 14.6. The summed E-state index contributed by atoms with van der Waals surface area (Å²) in [5, 5.41) is 0. The molecule has 2 atom stereocenters. The Morgan fingerprint density at radius 3 is 2.14 bits per heavy atom. The average molecular weight is 237 g/mol. The van der Waals surface area contributed by atoms with Crippen LogP contribution in [0.3, 0.4) is 0 Å². The summed E-state index contributed by atoms with van der Waals surface area (Å²) in [4.78, 5) is 23.6. The number of thiol groups is 2. The molecule has 0 rings (SSSR count). The van der Waals surface area contributed by atoms with E-state index in [0.717, 1.165) is 0 Å². The fourth-order valence-electron chi connectivity index (χ4n) is 0.897. The zero-order chi connectivity index (χ0) is 11.3. The van der Waals surface area contributed by atoms with Crippen LogP contribution in [0.5, 0.6) is 0 Å². The molecule has 2 unspecified atom stereocenters. The lowest BCUT2D eigenvalue weighted by molar-refractivity contribution is -0.137. The number of carbonyl (C=O) groups is 2. The molecule has 0 bridgehead atoms. The van der Waals surface area contributed by atoms with Gasteiger partial charge in [-0.3, -0.25) is 9.59 Å². The van der Waals surface area contributed by atoms with Crippen molar-refractivity contribution in [2.75, 3.05) is 18.6 Å². The second kappa shape index (κ2) is 6.15. The lowest BCUT2D eigenvalue weighted by Gasteiger charge is -2.26. The Morgan fingerprint density at radius 2 is 1.86 bits per heavy atom. The van der Waals surface area contributed by atoms with Crippen LogP contribution in [0.15, 0.2) is 0 Å². The maximum Gasteiger partial charge on any atom is 0.241 e. The van der Waals surface area contributed by atoms with Gasteiger partial charge in [0.1, 0.15) is 6.04 Å². The lowest BCUT2D eigenvalue weighted by Crippen LogP contribution is -2.52. The topological polar surface area (TPSA) is 89.4 Å². The molecule has 0 heterocycles. The van der Waals surface area contributed by atoms with E-state index in [0.29, 0.717) is 0 Å². The minimum atomic E-state index is -0.725. The molecular weight excluding hydrogens is 222 g/mol. The third-order valence-corrected chi connectivity index (χ3v) is 2.57. The van der Waals surface area contributed by atoms with E-state index in [4.69, 9.17) is 11.5 Å². The monoisotopic (exact) mass is 237 g/mol. The Labute approximate surface area is 94.0 Å². The number of hydrogen-bond acceptors (Lipinski definition) is 5.